The Labute approximate surface area is 182 Å². The third-order valence-corrected chi connectivity index (χ3v) is 6.55. The number of nitrogens with zero attached hydrogens (tertiary/aromatic N) is 2. The first kappa shape index (κ1) is 21.3. The van der Waals surface area contributed by atoms with Crippen molar-refractivity contribution in [3.8, 4) is 10.4 Å². The van der Waals surface area contributed by atoms with E-state index >= 15 is 0 Å². The molecule has 158 valence electrons. The highest BCUT2D eigenvalue weighted by Crippen LogP contribution is 2.37. The lowest BCUT2D eigenvalue weighted by atomic mass is 10.1. The number of anilines is 1. The molecule has 1 N–H and O–H groups in total. The second-order valence-electron chi connectivity index (χ2n) is 6.39. The lowest BCUT2D eigenvalue weighted by Crippen LogP contribution is -2.18. The van der Waals surface area contributed by atoms with Crippen LogP contribution in [-0.2, 0) is 11.0 Å². The minimum Gasteiger partial charge on any atom is -0.325 e. The van der Waals surface area contributed by atoms with E-state index in [4.69, 9.17) is 0 Å². The predicted molar refractivity (Wildman–Crippen MR) is 114 cm³/mol. The Kier molecular flexibility index (Phi) is 5.92. The normalized spacial score (nSPS) is 11.6. The molecule has 2 aromatic heterocycles. The van der Waals surface area contributed by atoms with E-state index in [2.05, 4.69) is 15.3 Å². The predicted octanol–water partition coefficient (Wildman–Crippen LogP) is 6.25. The summed E-state index contributed by atoms with van der Waals surface area (Å²) in [6.07, 6.45) is -3.20. The van der Waals surface area contributed by atoms with E-state index in [-0.39, 0.29) is 17.3 Å². The van der Waals surface area contributed by atoms with Crippen LogP contribution in [0.5, 0.6) is 0 Å². The number of para-hydroxylation sites is 1. The van der Waals surface area contributed by atoms with Crippen LogP contribution in [0.3, 0.4) is 0 Å². The third-order valence-electron chi connectivity index (χ3n) is 4.25. The molecule has 0 bridgehead atoms. The number of rotatable bonds is 5. The highest BCUT2D eigenvalue weighted by molar-refractivity contribution is 8.00. The molecule has 0 spiro atoms. The van der Waals surface area contributed by atoms with Gasteiger partial charge in [-0.25, -0.2) is 14.4 Å². The summed E-state index contributed by atoms with van der Waals surface area (Å²) in [5, 5.41) is 2.86. The van der Waals surface area contributed by atoms with Crippen LogP contribution >= 0.6 is 23.1 Å². The maximum atomic E-state index is 13.2. The Morgan fingerprint density at radius 1 is 1.06 bits per heavy atom. The molecule has 2 heterocycles. The molecule has 4 aromatic rings. The van der Waals surface area contributed by atoms with Gasteiger partial charge in [-0.15, -0.1) is 11.3 Å². The molecule has 0 aliphatic rings. The van der Waals surface area contributed by atoms with Gasteiger partial charge in [0.15, 0.2) is 0 Å². The number of benzene rings is 2. The third kappa shape index (κ3) is 4.86. The number of amides is 1. The van der Waals surface area contributed by atoms with Crippen molar-refractivity contribution in [1.82, 2.24) is 9.97 Å². The summed E-state index contributed by atoms with van der Waals surface area (Å²) in [7, 11) is 0. The van der Waals surface area contributed by atoms with E-state index in [1.807, 2.05) is 6.07 Å². The van der Waals surface area contributed by atoms with Crippen LogP contribution in [0.25, 0.3) is 20.7 Å². The van der Waals surface area contributed by atoms with Gasteiger partial charge in [-0.2, -0.15) is 13.2 Å². The summed E-state index contributed by atoms with van der Waals surface area (Å²) >= 11 is 2.50. The average molecular weight is 463 g/mol. The number of alkyl halides is 3. The molecule has 10 heteroatoms. The summed E-state index contributed by atoms with van der Waals surface area (Å²) in [6.45, 7) is 0. The Morgan fingerprint density at radius 2 is 1.81 bits per heavy atom. The molecular formula is C21H13F4N3OS2. The molecule has 0 aliphatic heterocycles. The van der Waals surface area contributed by atoms with E-state index in [1.165, 1.54) is 48.0 Å². The van der Waals surface area contributed by atoms with Crippen molar-refractivity contribution in [3.63, 3.8) is 0 Å². The van der Waals surface area contributed by atoms with Crippen molar-refractivity contribution in [1.29, 1.82) is 0 Å². The molecule has 1 amide bonds. The fourth-order valence-electron chi connectivity index (χ4n) is 2.85. The number of thioether (sulfide) groups is 1. The van der Waals surface area contributed by atoms with E-state index in [0.29, 0.717) is 10.5 Å². The first-order valence-corrected chi connectivity index (χ1v) is 10.7. The highest BCUT2D eigenvalue weighted by Gasteiger charge is 2.33. The number of carbonyl (C=O) groups is 1. The summed E-state index contributed by atoms with van der Waals surface area (Å²) < 4.78 is 53.2. The number of fused-ring (bicyclic) bond motifs is 1. The van der Waals surface area contributed by atoms with Crippen LogP contribution < -0.4 is 5.32 Å². The number of aromatic nitrogens is 2. The first-order chi connectivity index (χ1) is 14.8. The van der Waals surface area contributed by atoms with Crippen molar-refractivity contribution in [2.24, 2.45) is 0 Å². The molecule has 2 aromatic carbocycles. The lowest BCUT2D eigenvalue weighted by molar-refractivity contribution is -0.137. The largest absolute Gasteiger partial charge is 0.418 e. The average Bonchev–Trinajstić information content (AvgIpc) is 3.17. The molecule has 0 fully saturated rings. The molecule has 0 atom stereocenters. The number of hydrogen-bond donors (Lipinski definition) is 1. The van der Waals surface area contributed by atoms with Crippen molar-refractivity contribution >= 4 is 44.9 Å². The van der Waals surface area contributed by atoms with Gasteiger partial charge in [-0.3, -0.25) is 4.79 Å². The van der Waals surface area contributed by atoms with Crippen molar-refractivity contribution in [2.45, 2.75) is 11.2 Å². The minimum absolute atomic E-state index is 0.123. The zero-order valence-electron chi connectivity index (χ0n) is 15.6. The Hall–Kier alpha value is -2.98. The van der Waals surface area contributed by atoms with Crippen LogP contribution in [0.1, 0.15) is 5.56 Å². The standard InChI is InChI=1S/C21H13F4N3OS2/c22-13-7-5-12(6-8-13)17-9-16-19(31-17)20(27-11-26-16)30-10-18(29)28-15-4-2-1-3-14(15)21(23,24)25/h1-9,11H,10H2,(H,28,29). The Morgan fingerprint density at radius 3 is 2.55 bits per heavy atom. The molecule has 31 heavy (non-hydrogen) atoms. The maximum Gasteiger partial charge on any atom is 0.418 e. The summed E-state index contributed by atoms with van der Waals surface area (Å²) in [4.78, 5) is 21.6. The zero-order valence-corrected chi connectivity index (χ0v) is 17.2. The number of carbonyl (C=O) groups excluding carboxylic acids is 1. The van der Waals surface area contributed by atoms with Gasteiger partial charge in [-0.05, 0) is 35.9 Å². The molecule has 0 unspecified atom stereocenters. The zero-order chi connectivity index (χ0) is 22.0. The topological polar surface area (TPSA) is 54.9 Å². The summed E-state index contributed by atoms with van der Waals surface area (Å²) in [5.74, 6) is -1.04. The van der Waals surface area contributed by atoms with Crippen LogP contribution in [0, 0.1) is 5.82 Å². The molecule has 4 rings (SSSR count). The Bertz CT molecular complexity index is 1240. The summed E-state index contributed by atoms with van der Waals surface area (Å²) in [6, 6.07) is 12.7. The summed E-state index contributed by atoms with van der Waals surface area (Å²) in [5.41, 5.74) is 0.301. The SMILES string of the molecule is O=C(CSc1ncnc2cc(-c3ccc(F)cc3)sc12)Nc1ccccc1C(F)(F)F. The van der Waals surface area contributed by atoms with Gasteiger partial charge in [0.05, 0.1) is 27.2 Å². The molecule has 0 saturated heterocycles. The lowest BCUT2D eigenvalue weighted by Gasteiger charge is -2.13. The quantitative estimate of drug-likeness (QED) is 0.216. The molecule has 4 nitrogen and oxygen atoms in total. The highest BCUT2D eigenvalue weighted by atomic mass is 32.2. The van der Waals surface area contributed by atoms with Gasteiger partial charge >= 0.3 is 6.18 Å². The van der Waals surface area contributed by atoms with Crippen molar-refractivity contribution < 1.29 is 22.4 Å². The molecular weight excluding hydrogens is 450 g/mol. The number of thiophene rings is 1. The molecule has 0 radical (unpaired) electrons. The van der Waals surface area contributed by atoms with E-state index in [0.717, 1.165) is 33.0 Å². The van der Waals surface area contributed by atoms with Crippen LogP contribution in [0.2, 0.25) is 0 Å². The molecule has 0 aliphatic carbocycles. The monoisotopic (exact) mass is 463 g/mol. The van der Waals surface area contributed by atoms with Crippen LogP contribution in [0.15, 0.2) is 66.0 Å². The van der Waals surface area contributed by atoms with Crippen molar-refractivity contribution in [3.05, 3.63) is 72.3 Å². The van der Waals surface area contributed by atoms with Crippen LogP contribution in [-0.4, -0.2) is 21.6 Å². The fourth-order valence-corrected chi connectivity index (χ4v) is 4.85. The fraction of sp³-hybridized carbons (Fsp3) is 0.0952. The second-order valence-corrected chi connectivity index (χ2v) is 8.41. The van der Waals surface area contributed by atoms with Gasteiger partial charge in [0.1, 0.15) is 17.2 Å². The van der Waals surface area contributed by atoms with Gasteiger partial charge < -0.3 is 5.32 Å². The van der Waals surface area contributed by atoms with E-state index in [1.54, 1.807) is 12.1 Å². The molecule has 0 saturated carbocycles. The number of hydrogen-bond acceptors (Lipinski definition) is 5. The van der Waals surface area contributed by atoms with Crippen molar-refractivity contribution in [2.75, 3.05) is 11.1 Å². The number of halogens is 4. The maximum absolute atomic E-state index is 13.2. The van der Waals surface area contributed by atoms with E-state index in [9.17, 15) is 22.4 Å². The first-order valence-electron chi connectivity index (χ1n) is 8.90. The second kappa shape index (κ2) is 8.64. The minimum atomic E-state index is -4.57. The van der Waals surface area contributed by atoms with Gasteiger partial charge in [-0.1, -0.05) is 36.0 Å². The number of nitrogens with one attached hydrogen (secondary N) is 1. The smallest absolute Gasteiger partial charge is 0.325 e. The van der Waals surface area contributed by atoms with Gasteiger partial charge in [0.25, 0.3) is 0 Å². The van der Waals surface area contributed by atoms with Crippen LogP contribution in [0.4, 0.5) is 23.2 Å². The van der Waals surface area contributed by atoms with Gasteiger partial charge in [0, 0.05) is 4.88 Å². The van der Waals surface area contributed by atoms with Gasteiger partial charge in [0.2, 0.25) is 5.91 Å². The Balaban J connectivity index is 1.51. The van der Waals surface area contributed by atoms with E-state index < -0.39 is 17.6 Å².